The van der Waals surface area contributed by atoms with Crippen molar-refractivity contribution in [1.29, 1.82) is 0 Å². The Balaban J connectivity index is 1.99. The van der Waals surface area contributed by atoms with E-state index in [9.17, 15) is 8.78 Å². The number of hydrogen-bond acceptors (Lipinski definition) is 3. The van der Waals surface area contributed by atoms with Crippen molar-refractivity contribution in [3.05, 3.63) is 54.6 Å². The number of rotatable bonds is 1. The average Bonchev–Trinajstić information content (AvgIpc) is 2.87. The standard InChI is InChI=1S/C15H8F2N4/c16-13-9(3-6-19-14(13)17)11-2-1-8-10-7-18-5-4-12(10)21-15(8)20-11/h1-7H,(H,20,21)/i16+0,17+0. The molecule has 4 rings (SSSR count). The summed E-state index contributed by atoms with van der Waals surface area (Å²) >= 11 is 0. The summed E-state index contributed by atoms with van der Waals surface area (Å²) in [6.45, 7) is 0. The van der Waals surface area contributed by atoms with Crippen molar-refractivity contribution in [1.82, 2.24) is 19.9 Å². The second-order valence-electron chi connectivity index (χ2n) is 4.60. The molecule has 0 saturated heterocycles. The monoisotopic (exact) mass is 282 g/mol. The Morgan fingerprint density at radius 3 is 2.76 bits per heavy atom. The molecule has 0 amide bonds. The van der Waals surface area contributed by atoms with Gasteiger partial charge in [-0.3, -0.25) is 4.98 Å². The van der Waals surface area contributed by atoms with Crippen LogP contribution in [-0.4, -0.2) is 19.9 Å². The van der Waals surface area contributed by atoms with Crippen LogP contribution in [0.25, 0.3) is 33.2 Å². The molecule has 0 aromatic carbocycles. The summed E-state index contributed by atoms with van der Waals surface area (Å²) in [5, 5.41) is 1.82. The third kappa shape index (κ3) is 1.76. The number of halogens is 2. The molecule has 0 aliphatic rings. The average molecular weight is 282 g/mol. The van der Waals surface area contributed by atoms with E-state index in [4.69, 9.17) is 0 Å². The maximum Gasteiger partial charge on any atom is 0.249 e. The molecule has 21 heavy (non-hydrogen) atoms. The Labute approximate surface area is 117 Å². The van der Waals surface area contributed by atoms with E-state index >= 15 is 0 Å². The number of nitrogens with one attached hydrogen (secondary N) is 1. The first kappa shape index (κ1) is 11.9. The molecule has 4 aromatic heterocycles. The molecule has 0 unspecified atom stereocenters. The summed E-state index contributed by atoms with van der Waals surface area (Å²) < 4.78 is 27.0. The quantitative estimate of drug-likeness (QED) is 0.544. The number of aromatic nitrogens is 4. The molecule has 102 valence electrons. The lowest BCUT2D eigenvalue weighted by Gasteiger charge is -2.02. The van der Waals surface area contributed by atoms with Crippen LogP contribution in [0, 0.1) is 11.8 Å². The number of H-pyrrole nitrogens is 1. The van der Waals surface area contributed by atoms with E-state index in [0.29, 0.717) is 11.3 Å². The maximum absolute atomic E-state index is 13.8. The summed E-state index contributed by atoms with van der Waals surface area (Å²) in [5.41, 5.74) is 1.93. The number of fused-ring (bicyclic) bond motifs is 3. The van der Waals surface area contributed by atoms with E-state index in [1.165, 1.54) is 12.3 Å². The van der Waals surface area contributed by atoms with Crippen LogP contribution >= 0.6 is 0 Å². The lowest BCUT2D eigenvalue weighted by atomic mass is 10.1. The minimum atomic E-state index is -1.13. The fourth-order valence-corrected chi connectivity index (χ4v) is 2.38. The highest BCUT2D eigenvalue weighted by Crippen LogP contribution is 2.27. The molecule has 1 N–H and O–H groups in total. The molecule has 0 aliphatic heterocycles. The molecule has 4 heterocycles. The molecular formula is C15H8F2N4. The van der Waals surface area contributed by atoms with Gasteiger partial charge in [-0.2, -0.15) is 4.39 Å². The van der Waals surface area contributed by atoms with E-state index in [2.05, 4.69) is 19.9 Å². The second kappa shape index (κ2) is 4.31. The minimum absolute atomic E-state index is 0.0844. The maximum atomic E-state index is 13.8. The van der Waals surface area contributed by atoms with Gasteiger partial charge >= 0.3 is 0 Å². The number of aromatic amines is 1. The first-order chi connectivity index (χ1) is 10.2. The molecule has 0 fully saturated rings. The van der Waals surface area contributed by atoms with E-state index in [1.807, 2.05) is 12.1 Å². The van der Waals surface area contributed by atoms with Gasteiger partial charge < -0.3 is 4.98 Å². The molecular weight excluding hydrogens is 274 g/mol. The van der Waals surface area contributed by atoms with Gasteiger partial charge in [-0.05, 0) is 24.3 Å². The molecule has 0 aliphatic carbocycles. The first-order valence-electron chi connectivity index (χ1n) is 6.27. The predicted molar refractivity (Wildman–Crippen MR) is 74.5 cm³/mol. The van der Waals surface area contributed by atoms with E-state index in [0.717, 1.165) is 16.3 Å². The summed E-state index contributed by atoms with van der Waals surface area (Å²) in [7, 11) is 0. The highest BCUT2D eigenvalue weighted by molar-refractivity contribution is 6.05. The van der Waals surface area contributed by atoms with E-state index in [1.54, 1.807) is 18.5 Å². The lowest BCUT2D eigenvalue weighted by Crippen LogP contribution is -1.94. The zero-order chi connectivity index (χ0) is 14.4. The summed E-state index contributed by atoms with van der Waals surface area (Å²) in [6.07, 6.45) is 4.63. The van der Waals surface area contributed by atoms with Crippen LogP contribution in [0.5, 0.6) is 0 Å². The van der Waals surface area contributed by atoms with Crippen molar-refractivity contribution in [3.8, 4) is 11.3 Å². The van der Waals surface area contributed by atoms with Gasteiger partial charge in [0.05, 0.1) is 11.2 Å². The summed E-state index contributed by atoms with van der Waals surface area (Å²) in [6, 6.07) is 6.70. The molecule has 0 atom stereocenters. The van der Waals surface area contributed by atoms with Crippen LogP contribution < -0.4 is 0 Å². The Morgan fingerprint density at radius 1 is 0.952 bits per heavy atom. The van der Waals surface area contributed by atoms with Crippen molar-refractivity contribution in [2.24, 2.45) is 0 Å². The van der Waals surface area contributed by atoms with Gasteiger partial charge in [-0.25, -0.2) is 14.4 Å². The van der Waals surface area contributed by atoms with Crippen molar-refractivity contribution in [2.45, 2.75) is 0 Å². The fourth-order valence-electron chi connectivity index (χ4n) is 2.38. The number of nitrogens with zero attached hydrogens (tertiary/aromatic N) is 3. The van der Waals surface area contributed by atoms with Gasteiger partial charge in [0.15, 0.2) is 5.82 Å². The van der Waals surface area contributed by atoms with Crippen LogP contribution in [-0.2, 0) is 0 Å². The molecule has 4 aromatic rings. The highest BCUT2D eigenvalue weighted by atomic mass is 19.2. The van der Waals surface area contributed by atoms with Crippen molar-refractivity contribution < 1.29 is 8.78 Å². The van der Waals surface area contributed by atoms with Crippen LogP contribution in [0.2, 0.25) is 0 Å². The SMILES string of the molecule is [19F]c1nccc(-c2ccc3c(n2)[nH]c2ccncc23)c1[19F]. The Hall–Kier alpha value is -2.89. The number of pyridine rings is 3. The normalized spacial score (nSPS) is 11.3. The molecule has 4 nitrogen and oxygen atoms in total. The Bertz CT molecular complexity index is 978. The largest absolute Gasteiger partial charge is 0.339 e. The summed E-state index contributed by atoms with van der Waals surface area (Å²) in [5.74, 6) is -2.13. The van der Waals surface area contributed by atoms with Gasteiger partial charge in [0.2, 0.25) is 5.95 Å². The van der Waals surface area contributed by atoms with Gasteiger partial charge in [-0.1, -0.05) is 0 Å². The van der Waals surface area contributed by atoms with Gasteiger partial charge in [0, 0.05) is 34.9 Å². The zero-order valence-electron chi connectivity index (χ0n) is 10.6. The molecule has 0 saturated carbocycles. The van der Waals surface area contributed by atoms with Gasteiger partial charge in [-0.15, -0.1) is 0 Å². The molecule has 0 spiro atoms. The van der Waals surface area contributed by atoms with Crippen molar-refractivity contribution >= 4 is 21.9 Å². The van der Waals surface area contributed by atoms with Gasteiger partial charge in [0.1, 0.15) is 5.65 Å². The van der Waals surface area contributed by atoms with E-state index in [-0.39, 0.29) is 5.56 Å². The van der Waals surface area contributed by atoms with Crippen LogP contribution in [0.1, 0.15) is 0 Å². The number of hydrogen-bond donors (Lipinski definition) is 1. The lowest BCUT2D eigenvalue weighted by molar-refractivity contribution is 0.481. The molecule has 0 bridgehead atoms. The third-order valence-corrected chi connectivity index (χ3v) is 3.38. The Kier molecular flexibility index (Phi) is 2.44. The first-order valence-corrected chi connectivity index (χ1v) is 6.27. The van der Waals surface area contributed by atoms with Crippen molar-refractivity contribution in [2.75, 3.05) is 0 Å². The van der Waals surface area contributed by atoms with Crippen LogP contribution in [0.4, 0.5) is 8.78 Å². The van der Waals surface area contributed by atoms with E-state index < -0.39 is 11.8 Å². The van der Waals surface area contributed by atoms with Crippen molar-refractivity contribution in [3.63, 3.8) is 0 Å². The zero-order valence-corrected chi connectivity index (χ0v) is 10.6. The topological polar surface area (TPSA) is 54.5 Å². The minimum Gasteiger partial charge on any atom is -0.339 e. The smallest absolute Gasteiger partial charge is 0.249 e. The third-order valence-electron chi connectivity index (χ3n) is 3.38. The van der Waals surface area contributed by atoms with Crippen LogP contribution in [0.15, 0.2) is 42.9 Å². The molecule has 0 radical (unpaired) electrons. The Morgan fingerprint density at radius 2 is 1.86 bits per heavy atom. The highest BCUT2D eigenvalue weighted by Gasteiger charge is 2.13. The summed E-state index contributed by atoms with van der Waals surface area (Å²) in [4.78, 5) is 14.9. The second-order valence-corrected chi connectivity index (χ2v) is 4.60. The van der Waals surface area contributed by atoms with Gasteiger partial charge in [0.25, 0.3) is 0 Å². The predicted octanol–water partition coefficient (Wildman–Crippen LogP) is 3.45. The molecule has 6 heteroatoms. The fraction of sp³-hybridized carbons (Fsp3) is 0. The van der Waals surface area contributed by atoms with Crippen LogP contribution in [0.3, 0.4) is 0 Å².